The van der Waals surface area contributed by atoms with Crippen LogP contribution in [0.5, 0.6) is 0 Å². The SMILES string of the molecule is CC1(C)COC(C2CC(=O)c3ccccc3C2)=N1. The van der Waals surface area contributed by atoms with Crippen molar-refractivity contribution in [3.63, 3.8) is 0 Å². The third-order valence-corrected chi connectivity index (χ3v) is 3.55. The van der Waals surface area contributed by atoms with Gasteiger partial charge in [0, 0.05) is 17.9 Å². The summed E-state index contributed by atoms with van der Waals surface area (Å²) in [7, 11) is 0. The van der Waals surface area contributed by atoms with Gasteiger partial charge in [0.2, 0.25) is 0 Å². The Bertz CT molecular complexity index is 531. The summed E-state index contributed by atoms with van der Waals surface area (Å²) < 4.78 is 5.67. The maximum atomic E-state index is 12.1. The molecule has 1 aliphatic carbocycles. The lowest BCUT2D eigenvalue weighted by Crippen LogP contribution is -2.26. The summed E-state index contributed by atoms with van der Waals surface area (Å²) in [5.41, 5.74) is 1.84. The van der Waals surface area contributed by atoms with Crippen LogP contribution in [0.4, 0.5) is 0 Å². The molecule has 1 atom stereocenters. The van der Waals surface area contributed by atoms with Crippen LogP contribution < -0.4 is 0 Å². The summed E-state index contributed by atoms with van der Waals surface area (Å²) >= 11 is 0. The fraction of sp³-hybridized carbons (Fsp3) is 0.467. The van der Waals surface area contributed by atoms with Crippen molar-refractivity contribution >= 4 is 11.7 Å². The molecular formula is C15H17NO2. The van der Waals surface area contributed by atoms with Crippen LogP contribution in [-0.4, -0.2) is 23.8 Å². The molecule has 3 nitrogen and oxygen atoms in total. The number of benzene rings is 1. The van der Waals surface area contributed by atoms with Crippen LogP contribution in [0, 0.1) is 5.92 Å². The summed E-state index contributed by atoms with van der Waals surface area (Å²) in [5.74, 6) is 1.09. The molecule has 0 fully saturated rings. The molecule has 94 valence electrons. The molecule has 0 N–H and O–H groups in total. The van der Waals surface area contributed by atoms with E-state index < -0.39 is 0 Å². The fourth-order valence-corrected chi connectivity index (χ4v) is 2.64. The average Bonchev–Trinajstić information content (AvgIpc) is 2.70. The number of hydrogen-bond acceptors (Lipinski definition) is 3. The first-order valence-electron chi connectivity index (χ1n) is 6.39. The molecule has 18 heavy (non-hydrogen) atoms. The molecule has 0 bridgehead atoms. The standard InChI is InChI=1S/C15H17NO2/c1-15(2)9-18-14(16-15)11-7-10-5-3-4-6-12(10)13(17)8-11/h3-6,11H,7-9H2,1-2H3. The largest absolute Gasteiger partial charge is 0.478 e. The van der Waals surface area contributed by atoms with Crippen molar-refractivity contribution in [1.29, 1.82) is 0 Å². The first kappa shape index (κ1) is 11.5. The van der Waals surface area contributed by atoms with Crippen LogP contribution in [0.15, 0.2) is 29.3 Å². The molecule has 0 saturated carbocycles. The third kappa shape index (κ3) is 1.94. The number of carbonyl (C=O) groups excluding carboxylic acids is 1. The second-order valence-electron chi connectivity index (χ2n) is 5.74. The van der Waals surface area contributed by atoms with Gasteiger partial charge < -0.3 is 4.74 Å². The lowest BCUT2D eigenvalue weighted by molar-refractivity contribution is 0.0957. The minimum Gasteiger partial charge on any atom is -0.478 e. The monoisotopic (exact) mass is 243 g/mol. The predicted molar refractivity (Wildman–Crippen MR) is 70.0 cm³/mol. The van der Waals surface area contributed by atoms with Gasteiger partial charge in [0.05, 0.1) is 5.54 Å². The molecule has 1 unspecified atom stereocenters. The van der Waals surface area contributed by atoms with Crippen LogP contribution in [0.2, 0.25) is 0 Å². The van der Waals surface area contributed by atoms with Crippen LogP contribution >= 0.6 is 0 Å². The van der Waals surface area contributed by atoms with Crippen molar-refractivity contribution in [3.05, 3.63) is 35.4 Å². The molecule has 1 aliphatic heterocycles. The number of ketones is 1. The van der Waals surface area contributed by atoms with Crippen molar-refractivity contribution in [1.82, 2.24) is 0 Å². The van der Waals surface area contributed by atoms with Gasteiger partial charge in [-0.2, -0.15) is 0 Å². The highest BCUT2D eigenvalue weighted by Gasteiger charge is 2.35. The molecule has 3 rings (SSSR count). The Labute approximate surface area is 107 Å². The molecule has 2 aliphatic rings. The lowest BCUT2D eigenvalue weighted by atomic mass is 9.83. The van der Waals surface area contributed by atoms with Crippen LogP contribution in [0.25, 0.3) is 0 Å². The number of rotatable bonds is 1. The van der Waals surface area contributed by atoms with E-state index in [0.717, 1.165) is 23.4 Å². The Hall–Kier alpha value is -1.64. The molecular weight excluding hydrogens is 226 g/mol. The van der Waals surface area contributed by atoms with E-state index in [1.54, 1.807) is 0 Å². The van der Waals surface area contributed by atoms with E-state index in [-0.39, 0.29) is 17.2 Å². The smallest absolute Gasteiger partial charge is 0.187 e. The number of Topliss-reactive ketones (excluding diaryl/α,β-unsaturated/α-hetero) is 1. The second kappa shape index (κ2) is 3.94. The molecule has 0 saturated heterocycles. The van der Waals surface area contributed by atoms with E-state index in [2.05, 4.69) is 18.8 Å². The highest BCUT2D eigenvalue weighted by molar-refractivity contribution is 6.01. The number of nitrogens with zero attached hydrogens (tertiary/aromatic N) is 1. The molecule has 1 aromatic rings. The first-order chi connectivity index (χ1) is 8.55. The number of fused-ring (bicyclic) bond motifs is 1. The normalized spacial score (nSPS) is 25.3. The Kier molecular flexibility index (Phi) is 2.51. The van der Waals surface area contributed by atoms with Gasteiger partial charge in [-0.25, -0.2) is 4.99 Å². The van der Waals surface area contributed by atoms with Crippen LogP contribution in [0.3, 0.4) is 0 Å². The van der Waals surface area contributed by atoms with Gasteiger partial charge in [-0.05, 0) is 25.8 Å². The van der Waals surface area contributed by atoms with E-state index in [1.165, 1.54) is 0 Å². The van der Waals surface area contributed by atoms with Gasteiger partial charge in [-0.1, -0.05) is 24.3 Å². The van der Waals surface area contributed by atoms with Gasteiger partial charge >= 0.3 is 0 Å². The van der Waals surface area contributed by atoms with Crippen molar-refractivity contribution in [3.8, 4) is 0 Å². The highest BCUT2D eigenvalue weighted by atomic mass is 16.5. The van der Waals surface area contributed by atoms with Gasteiger partial charge in [0.1, 0.15) is 6.61 Å². The molecule has 3 heteroatoms. The van der Waals surface area contributed by atoms with Crippen molar-refractivity contribution in [2.24, 2.45) is 10.9 Å². The third-order valence-electron chi connectivity index (χ3n) is 3.55. The molecule has 0 amide bonds. The zero-order chi connectivity index (χ0) is 12.8. The quantitative estimate of drug-likeness (QED) is 0.760. The Morgan fingerprint density at radius 2 is 2.06 bits per heavy atom. The van der Waals surface area contributed by atoms with Crippen LogP contribution in [0.1, 0.15) is 36.2 Å². The molecule has 1 heterocycles. The molecule has 0 aromatic heterocycles. The van der Waals surface area contributed by atoms with Crippen LogP contribution in [-0.2, 0) is 11.2 Å². The van der Waals surface area contributed by atoms with Gasteiger partial charge in [0.25, 0.3) is 0 Å². The number of ether oxygens (including phenoxy) is 1. The fourth-order valence-electron chi connectivity index (χ4n) is 2.64. The molecule has 0 spiro atoms. The van der Waals surface area contributed by atoms with Crippen molar-refractivity contribution in [2.45, 2.75) is 32.2 Å². The summed E-state index contributed by atoms with van der Waals surface area (Å²) in [6, 6.07) is 7.84. The summed E-state index contributed by atoms with van der Waals surface area (Å²) in [6.45, 7) is 4.73. The zero-order valence-corrected chi connectivity index (χ0v) is 10.8. The Balaban J connectivity index is 1.89. The minimum atomic E-state index is -0.144. The zero-order valence-electron chi connectivity index (χ0n) is 10.8. The van der Waals surface area contributed by atoms with E-state index >= 15 is 0 Å². The van der Waals surface area contributed by atoms with E-state index in [1.807, 2.05) is 24.3 Å². The molecule has 1 aromatic carbocycles. The van der Waals surface area contributed by atoms with E-state index in [9.17, 15) is 4.79 Å². The predicted octanol–water partition coefficient (Wildman–Crippen LogP) is 2.64. The lowest BCUT2D eigenvalue weighted by Gasteiger charge is -2.22. The maximum Gasteiger partial charge on any atom is 0.187 e. The number of carbonyl (C=O) groups is 1. The molecule has 0 radical (unpaired) electrons. The van der Waals surface area contributed by atoms with Gasteiger partial charge in [-0.15, -0.1) is 0 Å². The summed E-state index contributed by atoms with van der Waals surface area (Å²) in [6.07, 6.45) is 1.38. The van der Waals surface area contributed by atoms with E-state index in [0.29, 0.717) is 13.0 Å². The summed E-state index contributed by atoms with van der Waals surface area (Å²) in [5, 5.41) is 0. The van der Waals surface area contributed by atoms with Gasteiger partial charge in [-0.3, -0.25) is 4.79 Å². The number of hydrogen-bond donors (Lipinski definition) is 0. The second-order valence-corrected chi connectivity index (χ2v) is 5.74. The highest BCUT2D eigenvalue weighted by Crippen LogP contribution is 2.30. The topological polar surface area (TPSA) is 38.7 Å². The summed E-state index contributed by atoms with van der Waals surface area (Å²) in [4.78, 5) is 16.7. The van der Waals surface area contributed by atoms with Gasteiger partial charge in [0.15, 0.2) is 11.7 Å². The average molecular weight is 243 g/mol. The number of aliphatic imine (C=N–C) groups is 1. The van der Waals surface area contributed by atoms with Crippen molar-refractivity contribution in [2.75, 3.05) is 6.61 Å². The Morgan fingerprint density at radius 3 is 2.78 bits per heavy atom. The Morgan fingerprint density at radius 1 is 1.28 bits per heavy atom. The minimum absolute atomic E-state index is 0.120. The first-order valence-corrected chi connectivity index (χ1v) is 6.39. The maximum absolute atomic E-state index is 12.1. The van der Waals surface area contributed by atoms with Crippen molar-refractivity contribution < 1.29 is 9.53 Å². The van der Waals surface area contributed by atoms with E-state index in [4.69, 9.17) is 4.74 Å².